The average molecular weight is 307 g/mol. The average Bonchev–Trinajstić information content (AvgIpc) is 3.03. The second-order valence-corrected chi connectivity index (χ2v) is 5.86. The zero-order chi connectivity index (χ0) is 15.7. The van der Waals surface area contributed by atoms with Gasteiger partial charge in [0.05, 0.1) is 5.69 Å². The molecule has 0 aliphatic heterocycles. The zero-order valence-corrected chi connectivity index (χ0v) is 12.7. The lowest BCUT2D eigenvalue weighted by atomic mass is 10.1. The summed E-state index contributed by atoms with van der Waals surface area (Å²) in [5.74, 6) is 0.169. The van der Waals surface area contributed by atoms with Gasteiger partial charge in [-0.05, 0) is 30.5 Å². The van der Waals surface area contributed by atoms with Crippen LogP contribution in [-0.4, -0.2) is 4.57 Å². The van der Waals surface area contributed by atoms with Crippen molar-refractivity contribution in [1.82, 2.24) is 4.57 Å². The molecule has 4 nitrogen and oxygen atoms in total. The van der Waals surface area contributed by atoms with E-state index in [0.717, 1.165) is 10.4 Å². The number of aromatic nitrogens is 1. The Balaban J connectivity index is 2.29. The van der Waals surface area contributed by atoms with Crippen molar-refractivity contribution in [2.75, 3.05) is 5.73 Å². The van der Waals surface area contributed by atoms with Gasteiger partial charge in [-0.1, -0.05) is 23.8 Å². The summed E-state index contributed by atoms with van der Waals surface area (Å²) in [4.78, 5) is 13.3. The van der Waals surface area contributed by atoms with Gasteiger partial charge in [-0.15, -0.1) is 11.3 Å². The van der Waals surface area contributed by atoms with Gasteiger partial charge in [0, 0.05) is 16.5 Å². The molecule has 0 saturated heterocycles. The van der Waals surface area contributed by atoms with Gasteiger partial charge in [0.1, 0.15) is 17.5 Å². The number of nitrogens with two attached hydrogens (primary N) is 1. The third-order valence-corrected chi connectivity index (χ3v) is 4.35. The number of nitriles is 1. The molecule has 0 spiro atoms. The molecule has 0 radical (unpaired) electrons. The fraction of sp³-hybridized carbons (Fsp3) is 0.0588. The highest BCUT2D eigenvalue weighted by Crippen LogP contribution is 2.30. The van der Waals surface area contributed by atoms with Crippen molar-refractivity contribution in [2.45, 2.75) is 6.92 Å². The molecular formula is C17H13N3OS. The molecule has 0 fully saturated rings. The summed E-state index contributed by atoms with van der Waals surface area (Å²) in [6, 6.07) is 14.8. The van der Waals surface area contributed by atoms with E-state index in [1.54, 1.807) is 0 Å². The quantitative estimate of drug-likeness (QED) is 0.789. The lowest BCUT2D eigenvalue weighted by Crippen LogP contribution is -2.22. The van der Waals surface area contributed by atoms with Crippen molar-refractivity contribution in [3.8, 4) is 22.2 Å². The summed E-state index contributed by atoms with van der Waals surface area (Å²) in [7, 11) is 0. The fourth-order valence-electron chi connectivity index (χ4n) is 2.33. The minimum atomic E-state index is -0.247. The van der Waals surface area contributed by atoms with Crippen LogP contribution in [0.15, 0.2) is 52.6 Å². The van der Waals surface area contributed by atoms with Crippen LogP contribution in [0.4, 0.5) is 5.82 Å². The second-order valence-electron chi connectivity index (χ2n) is 4.92. The molecular weight excluding hydrogens is 294 g/mol. The number of aryl methyl sites for hydroxylation is 1. The Kier molecular flexibility index (Phi) is 3.53. The molecule has 108 valence electrons. The van der Waals surface area contributed by atoms with Crippen molar-refractivity contribution < 1.29 is 0 Å². The SMILES string of the molecule is Cc1ccc(-n2c(N)c(C#N)c(-c3cccs3)cc2=O)cc1. The Morgan fingerprint density at radius 3 is 2.55 bits per heavy atom. The van der Waals surface area contributed by atoms with Gasteiger partial charge >= 0.3 is 0 Å². The first kappa shape index (κ1) is 14.1. The first-order chi connectivity index (χ1) is 10.6. The number of anilines is 1. The summed E-state index contributed by atoms with van der Waals surface area (Å²) in [6.07, 6.45) is 0. The molecule has 0 aliphatic rings. The van der Waals surface area contributed by atoms with Crippen molar-refractivity contribution in [1.29, 1.82) is 5.26 Å². The van der Waals surface area contributed by atoms with E-state index in [-0.39, 0.29) is 11.4 Å². The minimum absolute atomic E-state index is 0.169. The molecule has 0 amide bonds. The Labute approximate surface area is 131 Å². The third-order valence-electron chi connectivity index (χ3n) is 3.45. The van der Waals surface area contributed by atoms with Crippen molar-refractivity contribution in [3.63, 3.8) is 0 Å². The van der Waals surface area contributed by atoms with Crippen molar-refractivity contribution in [2.24, 2.45) is 0 Å². The number of benzene rings is 1. The van der Waals surface area contributed by atoms with Crippen molar-refractivity contribution >= 4 is 17.2 Å². The molecule has 3 rings (SSSR count). The molecule has 0 aliphatic carbocycles. The molecule has 2 N–H and O–H groups in total. The molecule has 0 bridgehead atoms. The Morgan fingerprint density at radius 1 is 1.23 bits per heavy atom. The molecule has 3 aromatic rings. The molecule has 0 saturated carbocycles. The van der Waals surface area contributed by atoms with Crippen LogP contribution < -0.4 is 11.3 Å². The van der Waals surface area contributed by atoms with Crippen LogP contribution in [0, 0.1) is 18.3 Å². The molecule has 0 atom stereocenters. The third kappa shape index (κ3) is 2.30. The maximum atomic E-state index is 12.5. The van der Waals surface area contributed by atoms with E-state index in [1.807, 2.05) is 48.7 Å². The predicted molar refractivity (Wildman–Crippen MR) is 89.2 cm³/mol. The topological polar surface area (TPSA) is 71.8 Å². The van der Waals surface area contributed by atoms with E-state index in [2.05, 4.69) is 6.07 Å². The molecule has 1 aromatic carbocycles. The molecule has 2 aromatic heterocycles. The van der Waals surface area contributed by atoms with Crippen LogP contribution >= 0.6 is 11.3 Å². The van der Waals surface area contributed by atoms with Crippen LogP contribution in [0.5, 0.6) is 0 Å². The Hall–Kier alpha value is -2.84. The smallest absolute Gasteiger partial charge is 0.257 e. The predicted octanol–water partition coefficient (Wildman–Crippen LogP) is 3.33. The molecule has 5 heteroatoms. The van der Waals surface area contributed by atoms with E-state index in [4.69, 9.17) is 5.73 Å². The maximum Gasteiger partial charge on any atom is 0.257 e. The van der Waals surface area contributed by atoms with Crippen molar-refractivity contribution in [3.05, 3.63) is 69.3 Å². The Bertz CT molecular complexity index is 916. The Morgan fingerprint density at radius 2 is 1.95 bits per heavy atom. The lowest BCUT2D eigenvalue weighted by molar-refractivity contribution is 1.00. The summed E-state index contributed by atoms with van der Waals surface area (Å²) in [6.45, 7) is 1.97. The van der Waals surface area contributed by atoms with Gasteiger partial charge < -0.3 is 5.73 Å². The van der Waals surface area contributed by atoms with Gasteiger partial charge in [-0.25, -0.2) is 0 Å². The van der Waals surface area contributed by atoms with E-state index >= 15 is 0 Å². The van der Waals surface area contributed by atoms with Gasteiger partial charge in [0.15, 0.2) is 0 Å². The zero-order valence-electron chi connectivity index (χ0n) is 11.9. The summed E-state index contributed by atoms with van der Waals surface area (Å²) >= 11 is 1.47. The highest BCUT2D eigenvalue weighted by molar-refractivity contribution is 7.13. The highest BCUT2D eigenvalue weighted by Gasteiger charge is 2.16. The van der Waals surface area contributed by atoms with Crippen LogP contribution in [-0.2, 0) is 0 Å². The number of nitrogens with zero attached hydrogens (tertiary/aromatic N) is 2. The normalized spacial score (nSPS) is 10.4. The summed E-state index contributed by atoms with van der Waals surface area (Å²) in [5.41, 5.74) is 8.52. The van der Waals surface area contributed by atoms with Gasteiger partial charge in [-0.2, -0.15) is 5.26 Å². The number of hydrogen-bond acceptors (Lipinski definition) is 4. The summed E-state index contributed by atoms with van der Waals surface area (Å²) < 4.78 is 1.37. The minimum Gasteiger partial charge on any atom is -0.384 e. The summed E-state index contributed by atoms with van der Waals surface area (Å²) in [5, 5.41) is 11.4. The number of thiophene rings is 1. The van der Waals surface area contributed by atoms with Gasteiger partial charge in [0.25, 0.3) is 5.56 Å². The van der Waals surface area contributed by atoms with Crippen LogP contribution in [0.1, 0.15) is 11.1 Å². The molecule has 2 heterocycles. The standard InChI is InChI=1S/C17H13N3OS/c1-11-4-6-12(7-5-11)20-16(21)9-13(14(10-18)17(20)19)15-3-2-8-22-15/h2-9H,19H2,1H3. The first-order valence-corrected chi connectivity index (χ1v) is 7.56. The monoisotopic (exact) mass is 307 g/mol. The molecule has 0 unspecified atom stereocenters. The largest absolute Gasteiger partial charge is 0.384 e. The van der Waals surface area contributed by atoms with Crippen LogP contribution in [0.2, 0.25) is 0 Å². The highest BCUT2D eigenvalue weighted by atomic mass is 32.1. The van der Waals surface area contributed by atoms with E-state index in [9.17, 15) is 10.1 Å². The van der Waals surface area contributed by atoms with E-state index in [1.165, 1.54) is 22.0 Å². The number of nitrogen functional groups attached to an aromatic ring is 1. The fourth-order valence-corrected chi connectivity index (χ4v) is 3.08. The molecule has 22 heavy (non-hydrogen) atoms. The lowest BCUT2D eigenvalue weighted by Gasteiger charge is -2.13. The second kappa shape index (κ2) is 5.51. The maximum absolute atomic E-state index is 12.5. The van der Waals surface area contributed by atoms with Crippen LogP contribution in [0.25, 0.3) is 16.1 Å². The van der Waals surface area contributed by atoms with E-state index in [0.29, 0.717) is 16.8 Å². The van der Waals surface area contributed by atoms with E-state index < -0.39 is 0 Å². The first-order valence-electron chi connectivity index (χ1n) is 6.68. The van der Waals surface area contributed by atoms with Gasteiger partial charge in [-0.3, -0.25) is 9.36 Å². The van der Waals surface area contributed by atoms with Gasteiger partial charge in [0.2, 0.25) is 0 Å². The van der Waals surface area contributed by atoms with Crippen LogP contribution in [0.3, 0.4) is 0 Å². The number of rotatable bonds is 2. The number of pyridine rings is 1. The number of hydrogen-bond donors (Lipinski definition) is 1.